The van der Waals surface area contributed by atoms with Crippen LogP contribution in [0.4, 0.5) is 39.5 Å². The van der Waals surface area contributed by atoms with Crippen LogP contribution in [0, 0.1) is 40.4 Å². The molecule has 0 aliphatic carbocycles. The first kappa shape index (κ1) is 81.3. The number of rotatable bonds is 18. The van der Waals surface area contributed by atoms with E-state index in [1.807, 2.05) is 41.5 Å². The molecule has 3 aromatic carbocycles. The van der Waals surface area contributed by atoms with Crippen LogP contribution in [0.15, 0.2) is 67.3 Å². The van der Waals surface area contributed by atoms with Gasteiger partial charge in [0, 0.05) is 68.1 Å². The predicted molar refractivity (Wildman–Crippen MR) is 308 cm³/mol. The number of hydrogen-bond donors (Lipinski definition) is 2. The van der Waals surface area contributed by atoms with Crippen molar-refractivity contribution < 1.29 is 192 Å². The molecule has 6 bridgehead atoms. The van der Waals surface area contributed by atoms with Gasteiger partial charge in [-0.25, -0.2) is 0 Å². The molecule has 90 heavy (non-hydrogen) atoms. The number of nitrogens with zero attached hydrogens (tertiary/aromatic N) is 4. The van der Waals surface area contributed by atoms with Gasteiger partial charge in [-0.3, -0.25) is 9.69 Å². The number of hydroxylamine groups is 2. The Kier molecular flexibility index (Phi) is 36.0. The number of nitrogens with one attached hydrogen (secondary N) is 1. The Hall–Kier alpha value is -2.91. The first-order valence-corrected chi connectivity index (χ1v) is 30.3. The van der Waals surface area contributed by atoms with Gasteiger partial charge in [0.25, 0.3) is 6.47 Å². The van der Waals surface area contributed by atoms with Crippen molar-refractivity contribution in [2.24, 2.45) is 17.8 Å². The quantitative estimate of drug-likeness (QED) is 0.0308. The summed E-state index contributed by atoms with van der Waals surface area (Å²) in [6, 6.07) is 16.1. The summed E-state index contributed by atoms with van der Waals surface area (Å²) in [4.78, 5) is 13.7. The SMILES string of the molecule is C=CC#N.CC(C)COc1cc(C(F)(F)F)ccc1OC1C[C@H]2CCC[C@@H](C1)N2.CC(C)COc1cc(C(F)(F)F)ccc1OC1C[C@H]2CCC[C@@H](C1)N2CCC#N.CC(C)COc1cc(C(F)(F)F)ccc1OC1C[C@H]2CCC[C@@H](C1)N2O.O=CO[O-].[H-].[K+].[K+]. The Morgan fingerprint density at radius 3 is 1.20 bits per heavy atom. The van der Waals surface area contributed by atoms with Gasteiger partial charge in [0.1, 0.15) is 18.3 Å². The summed E-state index contributed by atoms with van der Waals surface area (Å²) in [5, 5.41) is 40.0. The molecule has 15 nitrogen and oxygen atoms in total. The van der Waals surface area contributed by atoms with Crippen LogP contribution in [0.25, 0.3) is 0 Å². The zero-order chi connectivity index (χ0) is 64.8. The first-order chi connectivity index (χ1) is 41.6. The van der Waals surface area contributed by atoms with E-state index in [4.69, 9.17) is 49.0 Å². The van der Waals surface area contributed by atoms with E-state index in [1.165, 1.54) is 42.2 Å². The molecule has 26 heteroatoms. The summed E-state index contributed by atoms with van der Waals surface area (Å²) in [6.45, 7) is 16.4. The summed E-state index contributed by atoms with van der Waals surface area (Å²) < 4.78 is 153. The Balaban J connectivity index is 0.000000432. The van der Waals surface area contributed by atoms with Crippen molar-refractivity contribution in [3.63, 3.8) is 0 Å². The van der Waals surface area contributed by atoms with E-state index in [-0.39, 0.29) is 176 Å². The van der Waals surface area contributed by atoms with Gasteiger partial charge in [-0.15, -0.1) is 0 Å². The number of halogens is 9. The Labute approximate surface area is 610 Å². The van der Waals surface area contributed by atoms with Gasteiger partial charge in [-0.2, -0.15) is 55.1 Å². The Morgan fingerprint density at radius 1 is 0.589 bits per heavy atom. The molecule has 0 aromatic heterocycles. The van der Waals surface area contributed by atoms with E-state index in [2.05, 4.69) is 27.8 Å². The van der Waals surface area contributed by atoms with E-state index >= 15 is 0 Å². The van der Waals surface area contributed by atoms with Gasteiger partial charge in [-0.1, -0.05) is 67.4 Å². The zero-order valence-electron chi connectivity index (χ0n) is 53.9. The van der Waals surface area contributed by atoms with Gasteiger partial charge >= 0.3 is 121 Å². The van der Waals surface area contributed by atoms with Crippen molar-refractivity contribution in [2.75, 3.05) is 26.4 Å². The van der Waals surface area contributed by atoms with Crippen molar-refractivity contribution in [1.82, 2.24) is 15.3 Å². The minimum Gasteiger partial charge on any atom is -1.00 e. The van der Waals surface area contributed by atoms with Crippen LogP contribution in [0.5, 0.6) is 34.5 Å². The molecule has 3 aromatic rings. The second-order valence-electron chi connectivity index (χ2n) is 24.2. The summed E-state index contributed by atoms with van der Waals surface area (Å²) in [7, 11) is 0. The molecule has 0 spiro atoms. The van der Waals surface area contributed by atoms with Gasteiger partial charge in [0.15, 0.2) is 34.5 Å². The van der Waals surface area contributed by atoms with E-state index in [1.54, 1.807) is 6.07 Å². The van der Waals surface area contributed by atoms with Crippen LogP contribution < -0.4 is 142 Å². The number of ether oxygens (including phenoxy) is 6. The molecule has 0 radical (unpaired) electrons. The summed E-state index contributed by atoms with van der Waals surface area (Å²) in [5.74, 6) is 2.22. The largest absolute Gasteiger partial charge is 1.00 e. The minimum absolute atomic E-state index is 0. The molecule has 9 atom stereocenters. The predicted octanol–water partition coefficient (Wildman–Crippen LogP) is 8.36. The average molecular weight is 1330 g/mol. The summed E-state index contributed by atoms with van der Waals surface area (Å²) in [6.07, 6.45) is 2.81. The molecule has 6 heterocycles. The smallest absolute Gasteiger partial charge is 1.00 e. The van der Waals surface area contributed by atoms with Crippen LogP contribution in [-0.2, 0) is 28.2 Å². The van der Waals surface area contributed by atoms with Crippen LogP contribution in [-0.4, -0.2) is 103 Å². The average Bonchev–Trinajstić information content (AvgIpc) is 1.46. The van der Waals surface area contributed by atoms with Gasteiger partial charge in [0.05, 0.1) is 48.6 Å². The van der Waals surface area contributed by atoms with Gasteiger partial charge in [-0.05, 0) is 137 Å². The monoisotopic (exact) mass is 1330 g/mol. The third-order valence-electron chi connectivity index (χ3n) is 15.7. The molecule has 6 aliphatic rings. The number of alkyl halides is 9. The molecule has 2 N–H and O–H groups in total. The second kappa shape index (κ2) is 39.8. The van der Waals surface area contributed by atoms with Crippen molar-refractivity contribution >= 4 is 6.47 Å². The topological polar surface area (TPSA) is 191 Å². The Morgan fingerprint density at radius 2 is 0.900 bits per heavy atom. The summed E-state index contributed by atoms with van der Waals surface area (Å²) in [5.41, 5.74) is -2.18. The molecule has 0 amide bonds. The van der Waals surface area contributed by atoms with Crippen LogP contribution in [0.2, 0.25) is 0 Å². The van der Waals surface area contributed by atoms with Crippen LogP contribution in [0.3, 0.4) is 0 Å². The van der Waals surface area contributed by atoms with Gasteiger partial charge < -0.3 is 50.5 Å². The maximum Gasteiger partial charge on any atom is 1.00 e. The first-order valence-electron chi connectivity index (χ1n) is 30.3. The number of carbonyl (C=O) groups is 1. The maximum atomic E-state index is 13.1. The molecule has 6 aliphatic heterocycles. The number of benzene rings is 3. The fourth-order valence-corrected chi connectivity index (χ4v) is 11.8. The molecule has 6 fully saturated rings. The van der Waals surface area contributed by atoms with Crippen molar-refractivity contribution in [3.05, 3.63) is 83.9 Å². The van der Waals surface area contributed by atoms with Crippen molar-refractivity contribution in [1.29, 1.82) is 10.5 Å². The standard InChI is InChI=1S/C22H29F3N2O2.C19H26F3NO3.C19H26F3NO2.C3H3N.CH2O3.2K.H/c1-15(2)14-28-21-11-16(22(23,24)25)7-8-20(21)29-19-12-17-5-3-6-18(13-19)27(17)10-4-9-26;1-12(2)11-25-18-8-13(19(20,21)22)6-7-17(18)26-16-9-14-4-3-5-15(10-16)23(14)24;1-12(2)11-24-18-8-13(19(20,21)22)6-7-17(18)25-16-9-14-4-3-5-15(10-16)23-14;1-2-3-4;2-1-4-3;;;/h7-8,11,15,17-19H,3-6,10,12-14H2,1-2H3;6-8,12,14-16,24H,3-5,9-11H2,1-2H3;6-8,12,14-16,23H,3-5,9-11H2,1-2H3;2H,1H2;1,3H;;;/q;;;;;2*+1;-1/p-1/t17-,18+,19?;2*14-,15+,16?;;;;;. The third kappa shape index (κ3) is 27.1. The van der Waals surface area contributed by atoms with E-state index < -0.39 is 35.2 Å². The van der Waals surface area contributed by atoms with Crippen molar-refractivity contribution in [2.45, 2.75) is 217 Å². The van der Waals surface area contributed by atoms with Gasteiger partial charge in [0.2, 0.25) is 0 Å². The van der Waals surface area contributed by atoms with Crippen molar-refractivity contribution in [3.8, 4) is 46.6 Å². The number of piperidine rings is 6. The number of fused-ring (bicyclic) bond motifs is 6. The molecule has 492 valence electrons. The fraction of sp³-hybridized carbons (Fsp3) is 0.641. The number of allylic oxidation sites excluding steroid dienone is 1. The van der Waals surface area contributed by atoms with Crippen LogP contribution in [0.1, 0.15) is 162 Å². The fourth-order valence-electron chi connectivity index (χ4n) is 11.8. The zero-order valence-corrected chi connectivity index (χ0v) is 59.2. The molecule has 0 saturated carbocycles. The van der Waals surface area contributed by atoms with E-state index in [9.17, 15) is 44.7 Å². The second-order valence-corrected chi connectivity index (χ2v) is 24.2. The molecular formula is C64H86F9K2N5O10. The maximum absolute atomic E-state index is 13.1. The van der Waals surface area contributed by atoms with E-state index in [0.717, 1.165) is 114 Å². The Bertz CT molecular complexity index is 2680. The minimum atomic E-state index is -4.42. The normalized spacial score (nSPS) is 23.6. The number of hydrogen-bond acceptors (Lipinski definition) is 15. The molecular weight excluding hydrogens is 1250 g/mol. The molecule has 6 saturated heterocycles. The molecule has 3 unspecified atom stereocenters. The number of carbonyl (C=O) groups excluding carboxylic acids is 1. The van der Waals surface area contributed by atoms with E-state index in [0.29, 0.717) is 80.5 Å². The number of nitriles is 2. The molecule has 9 rings (SSSR count). The van der Waals surface area contributed by atoms with Crippen LogP contribution >= 0.6 is 0 Å². The third-order valence-corrected chi connectivity index (χ3v) is 15.7. The summed E-state index contributed by atoms with van der Waals surface area (Å²) >= 11 is 0.